The van der Waals surface area contributed by atoms with E-state index in [2.05, 4.69) is 17.4 Å². The number of nitrogens with one attached hydrogen (secondary N) is 1. The number of nitro benzene ring substituents is 1. The molecule has 0 aliphatic carbocycles. The van der Waals surface area contributed by atoms with Crippen LogP contribution in [0.3, 0.4) is 0 Å². The summed E-state index contributed by atoms with van der Waals surface area (Å²) in [6.07, 6.45) is 0.707. The predicted octanol–water partition coefficient (Wildman–Crippen LogP) is 5.91. The summed E-state index contributed by atoms with van der Waals surface area (Å²) in [6.45, 7) is 3.22. The van der Waals surface area contributed by atoms with E-state index in [0.29, 0.717) is 18.5 Å². The van der Waals surface area contributed by atoms with Crippen molar-refractivity contribution in [2.45, 2.75) is 25.2 Å². The highest BCUT2D eigenvalue weighted by molar-refractivity contribution is 7.92. The number of anilines is 1. The second-order valence-corrected chi connectivity index (χ2v) is 12.1. The average Bonchev–Trinajstić information content (AvgIpc) is 2.95. The Bertz CT molecular complexity index is 1700. The van der Waals surface area contributed by atoms with Crippen molar-refractivity contribution in [1.29, 1.82) is 0 Å². The van der Waals surface area contributed by atoms with Crippen molar-refractivity contribution in [2.24, 2.45) is 5.92 Å². The molecule has 0 bridgehead atoms. The molecule has 0 aliphatic heterocycles. The number of ether oxygens (including phenoxy) is 1. The Hall–Kier alpha value is -4.15. The number of carbonyl (C=O) groups is 1. The van der Waals surface area contributed by atoms with E-state index in [-0.39, 0.29) is 33.0 Å². The fourth-order valence-electron chi connectivity index (χ4n) is 4.62. The average molecular weight is 596 g/mol. The first-order valence-electron chi connectivity index (χ1n) is 12.9. The smallest absolute Gasteiger partial charge is 0.273 e. The molecule has 0 spiro atoms. The van der Waals surface area contributed by atoms with Gasteiger partial charge in [-0.2, -0.15) is 0 Å². The molecule has 1 atom stereocenters. The first kappa shape index (κ1) is 29.8. The molecule has 214 valence electrons. The third-order valence-electron chi connectivity index (χ3n) is 6.76. The van der Waals surface area contributed by atoms with Gasteiger partial charge in [-0.15, -0.1) is 0 Å². The lowest BCUT2D eigenvalue weighted by molar-refractivity contribution is -0.385. The van der Waals surface area contributed by atoms with Crippen molar-refractivity contribution in [3.63, 3.8) is 0 Å². The van der Waals surface area contributed by atoms with Gasteiger partial charge in [-0.1, -0.05) is 67.1 Å². The van der Waals surface area contributed by atoms with Crippen molar-refractivity contribution in [2.75, 3.05) is 24.5 Å². The van der Waals surface area contributed by atoms with E-state index < -0.39 is 27.4 Å². The number of carbonyl (C=O) groups excluding carboxylic acids is 1. The van der Waals surface area contributed by atoms with Crippen LogP contribution in [0.1, 0.15) is 18.1 Å². The lowest BCUT2D eigenvalue weighted by atomic mass is 9.96. The summed E-state index contributed by atoms with van der Waals surface area (Å²) < 4.78 is 34.0. The number of halogens is 1. The van der Waals surface area contributed by atoms with Gasteiger partial charge in [-0.25, -0.2) is 8.42 Å². The summed E-state index contributed by atoms with van der Waals surface area (Å²) in [4.78, 5) is 23.7. The van der Waals surface area contributed by atoms with Crippen molar-refractivity contribution >= 4 is 49.7 Å². The molecule has 1 N–H and O–H groups in total. The number of nitro groups is 1. The van der Waals surface area contributed by atoms with E-state index in [0.717, 1.165) is 26.7 Å². The zero-order chi connectivity index (χ0) is 29.7. The quantitative estimate of drug-likeness (QED) is 0.170. The summed E-state index contributed by atoms with van der Waals surface area (Å²) in [6, 6.07) is 22.2. The van der Waals surface area contributed by atoms with Crippen LogP contribution in [-0.2, 0) is 21.2 Å². The second kappa shape index (κ2) is 12.6. The maximum Gasteiger partial charge on any atom is 0.273 e. The van der Waals surface area contributed by atoms with Gasteiger partial charge in [0.05, 0.1) is 22.6 Å². The zero-order valence-electron chi connectivity index (χ0n) is 22.8. The monoisotopic (exact) mass is 595 g/mol. The molecule has 41 heavy (non-hydrogen) atoms. The number of hydrogen-bond acceptors (Lipinski definition) is 6. The lowest BCUT2D eigenvalue weighted by Crippen LogP contribution is -2.42. The number of hydrogen-bond donors (Lipinski definition) is 1. The molecule has 0 radical (unpaired) electrons. The van der Waals surface area contributed by atoms with Crippen molar-refractivity contribution in [3.05, 3.63) is 105 Å². The van der Waals surface area contributed by atoms with E-state index >= 15 is 0 Å². The predicted molar refractivity (Wildman–Crippen MR) is 160 cm³/mol. The molecular formula is C30H30ClN3O6S. The molecule has 0 saturated carbocycles. The largest absolute Gasteiger partial charge is 0.495 e. The van der Waals surface area contributed by atoms with Gasteiger partial charge in [0.2, 0.25) is 5.91 Å². The van der Waals surface area contributed by atoms with Crippen molar-refractivity contribution in [1.82, 2.24) is 5.32 Å². The van der Waals surface area contributed by atoms with Crippen LogP contribution < -0.4 is 14.4 Å². The number of nitrogens with zero attached hydrogens (tertiary/aromatic N) is 2. The molecule has 0 aliphatic rings. The first-order chi connectivity index (χ1) is 19.5. The maximum absolute atomic E-state index is 13.9. The van der Waals surface area contributed by atoms with Gasteiger partial charge < -0.3 is 10.1 Å². The molecule has 1 amide bonds. The van der Waals surface area contributed by atoms with Crippen LogP contribution in [0, 0.1) is 23.0 Å². The molecule has 4 aromatic carbocycles. The minimum absolute atomic E-state index is 0.0298. The number of rotatable bonds is 11. The number of sulfonamides is 1. The molecular weight excluding hydrogens is 566 g/mol. The lowest BCUT2D eigenvalue weighted by Gasteiger charge is -2.26. The van der Waals surface area contributed by atoms with Crippen molar-refractivity contribution in [3.8, 4) is 5.75 Å². The van der Waals surface area contributed by atoms with Gasteiger partial charge in [0.1, 0.15) is 12.3 Å². The Kier molecular flexibility index (Phi) is 9.14. The summed E-state index contributed by atoms with van der Waals surface area (Å²) in [5.74, 6) is -0.339. The van der Waals surface area contributed by atoms with Crippen LogP contribution in [0.25, 0.3) is 10.8 Å². The number of benzene rings is 4. The summed E-state index contributed by atoms with van der Waals surface area (Å²) in [7, 11) is -3.09. The van der Waals surface area contributed by atoms with Crippen LogP contribution in [0.15, 0.2) is 83.8 Å². The molecule has 0 heterocycles. The van der Waals surface area contributed by atoms with Crippen LogP contribution in [0.5, 0.6) is 5.75 Å². The van der Waals surface area contributed by atoms with Crippen LogP contribution in [0.2, 0.25) is 5.02 Å². The Labute approximate surface area is 243 Å². The molecule has 0 saturated heterocycles. The molecule has 0 aromatic heterocycles. The SMILES string of the molecule is COc1ccc(Cl)cc1N(CC(=O)NCC(C)Cc1cccc2ccccc12)S(=O)(=O)c1ccc(C)c([N+](=O)[O-])c1. The molecule has 1 unspecified atom stereocenters. The van der Waals surface area contributed by atoms with Gasteiger partial charge in [0, 0.05) is 23.2 Å². The van der Waals surface area contributed by atoms with E-state index in [1.807, 2.05) is 37.3 Å². The number of amides is 1. The van der Waals surface area contributed by atoms with Gasteiger partial charge in [-0.3, -0.25) is 19.2 Å². The summed E-state index contributed by atoms with van der Waals surface area (Å²) in [5.41, 5.74) is 1.13. The maximum atomic E-state index is 13.9. The summed E-state index contributed by atoms with van der Waals surface area (Å²) >= 11 is 6.19. The highest BCUT2D eigenvalue weighted by Gasteiger charge is 2.31. The molecule has 4 aromatic rings. The Morgan fingerprint density at radius 3 is 2.54 bits per heavy atom. The molecule has 0 fully saturated rings. The van der Waals surface area contributed by atoms with Gasteiger partial charge in [0.25, 0.3) is 15.7 Å². The number of aryl methyl sites for hydroxylation is 1. The second-order valence-electron chi connectivity index (χ2n) is 9.78. The van der Waals surface area contributed by atoms with E-state index in [4.69, 9.17) is 16.3 Å². The highest BCUT2D eigenvalue weighted by atomic mass is 35.5. The van der Waals surface area contributed by atoms with Gasteiger partial charge in [-0.05, 0) is 59.9 Å². The fraction of sp³-hybridized carbons (Fsp3) is 0.233. The standard InChI is InChI=1S/C30H30ClN3O6S/c1-20(15-23-9-6-8-22-7-4-5-10-26(22)23)18-32-30(35)19-33(28-16-24(31)12-14-29(28)40-3)41(38,39)25-13-11-21(2)27(17-25)34(36)37/h4-14,16-17,20H,15,18-19H2,1-3H3,(H,32,35). The number of methoxy groups -OCH3 is 1. The fourth-order valence-corrected chi connectivity index (χ4v) is 6.23. The third-order valence-corrected chi connectivity index (χ3v) is 8.75. The van der Waals surface area contributed by atoms with Gasteiger partial charge >= 0.3 is 0 Å². The Morgan fingerprint density at radius 1 is 1.07 bits per heavy atom. The number of fused-ring (bicyclic) bond motifs is 1. The normalized spacial score (nSPS) is 12.1. The van der Waals surface area contributed by atoms with Crippen LogP contribution in [0.4, 0.5) is 11.4 Å². The van der Waals surface area contributed by atoms with Crippen molar-refractivity contribution < 1.29 is 22.9 Å². The molecule has 4 rings (SSSR count). The minimum Gasteiger partial charge on any atom is -0.495 e. The summed E-state index contributed by atoms with van der Waals surface area (Å²) in [5, 5.41) is 16.8. The Balaban J connectivity index is 1.59. The zero-order valence-corrected chi connectivity index (χ0v) is 24.4. The highest BCUT2D eigenvalue weighted by Crippen LogP contribution is 2.35. The molecule has 11 heteroatoms. The first-order valence-corrected chi connectivity index (χ1v) is 14.7. The van der Waals surface area contributed by atoms with E-state index in [9.17, 15) is 23.3 Å². The molecule has 9 nitrogen and oxygen atoms in total. The minimum atomic E-state index is -4.45. The van der Waals surface area contributed by atoms with Crippen LogP contribution >= 0.6 is 11.6 Å². The third kappa shape index (κ3) is 6.78. The Morgan fingerprint density at radius 2 is 1.80 bits per heavy atom. The van der Waals surface area contributed by atoms with E-state index in [1.54, 1.807) is 0 Å². The topological polar surface area (TPSA) is 119 Å². The van der Waals surface area contributed by atoms with Crippen LogP contribution in [-0.4, -0.2) is 39.4 Å². The van der Waals surface area contributed by atoms with Gasteiger partial charge in [0.15, 0.2) is 0 Å². The van der Waals surface area contributed by atoms with E-state index in [1.165, 1.54) is 44.4 Å².